The van der Waals surface area contributed by atoms with Crippen LogP contribution in [-0.2, 0) is 5.92 Å². The fraction of sp³-hybridized carbons (Fsp3) is 0.667. The zero-order valence-electron chi connectivity index (χ0n) is 15.4. The molecule has 0 nitrogen and oxygen atoms in total. The standard InChI is InChI=1S/C18H23F8P/c1-4-6-8-27(10-11(3)7-5-2)13-9-12(19)15(20)14(16(13)21)17(22,23)18(24,25)26/h9,11H,4-8,10H2,1-3H3. The van der Waals surface area contributed by atoms with Gasteiger partial charge in [-0.3, -0.25) is 0 Å². The van der Waals surface area contributed by atoms with Crippen molar-refractivity contribution in [2.24, 2.45) is 5.92 Å². The number of unbranched alkanes of at least 4 members (excludes halogenated alkanes) is 1. The van der Waals surface area contributed by atoms with Gasteiger partial charge in [-0.25, -0.2) is 13.2 Å². The van der Waals surface area contributed by atoms with Gasteiger partial charge in [0, 0.05) is 5.30 Å². The molecule has 0 aliphatic heterocycles. The van der Waals surface area contributed by atoms with Crippen molar-refractivity contribution < 1.29 is 35.1 Å². The van der Waals surface area contributed by atoms with Crippen LogP contribution in [0, 0.1) is 23.4 Å². The lowest BCUT2D eigenvalue weighted by atomic mass is 10.1. The molecule has 1 aromatic carbocycles. The highest BCUT2D eigenvalue weighted by molar-refractivity contribution is 7.65. The Bertz CT molecular complexity index is 627. The Morgan fingerprint density at radius 1 is 0.963 bits per heavy atom. The third-order valence-corrected chi connectivity index (χ3v) is 7.17. The molecular formula is C18H23F8P. The van der Waals surface area contributed by atoms with Gasteiger partial charge in [0.2, 0.25) is 0 Å². The molecule has 2 atom stereocenters. The zero-order chi connectivity index (χ0) is 21.0. The number of hydrogen-bond donors (Lipinski definition) is 0. The van der Waals surface area contributed by atoms with Gasteiger partial charge in [0.15, 0.2) is 11.6 Å². The minimum absolute atomic E-state index is 0.0528. The molecule has 0 saturated carbocycles. The van der Waals surface area contributed by atoms with Crippen LogP contribution in [-0.4, -0.2) is 18.5 Å². The molecule has 27 heavy (non-hydrogen) atoms. The molecule has 2 unspecified atom stereocenters. The Hall–Kier alpha value is -0.910. The molecule has 1 rings (SSSR count). The van der Waals surface area contributed by atoms with Gasteiger partial charge < -0.3 is 0 Å². The van der Waals surface area contributed by atoms with Crippen LogP contribution >= 0.6 is 7.92 Å². The largest absolute Gasteiger partial charge is 0.458 e. The SMILES string of the molecule is CCCCP(CC(C)CCC)c1cc(F)c(F)c(C(F)(F)C(F)(F)F)c1F. The minimum Gasteiger partial charge on any atom is -0.206 e. The van der Waals surface area contributed by atoms with Gasteiger partial charge in [-0.05, 0) is 30.7 Å². The summed E-state index contributed by atoms with van der Waals surface area (Å²) >= 11 is 0. The summed E-state index contributed by atoms with van der Waals surface area (Å²) in [5, 5.41) is -0.556. The number of rotatable bonds is 9. The first-order valence-electron chi connectivity index (χ1n) is 8.75. The minimum atomic E-state index is -6.23. The van der Waals surface area contributed by atoms with Gasteiger partial charge >= 0.3 is 12.1 Å². The van der Waals surface area contributed by atoms with Crippen molar-refractivity contribution in [2.45, 2.75) is 58.6 Å². The maximum absolute atomic E-state index is 14.7. The maximum Gasteiger partial charge on any atom is 0.458 e. The maximum atomic E-state index is 14.7. The lowest BCUT2D eigenvalue weighted by Gasteiger charge is -2.26. The Labute approximate surface area is 155 Å². The summed E-state index contributed by atoms with van der Waals surface area (Å²) in [6.45, 7) is 5.62. The van der Waals surface area contributed by atoms with E-state index in [9.17, 15) is 35.1 Å². The first-order valence-corrected chi connectivity index (χ1v) is 10.5. The Balaban J connectivity index is 3.52. The van der Waals surface area contributed by atoms with Crippen LogP contribution in [0.15, 0.2) is 6.07 Å². The fourth-order valence-corrected chi connectivity index (χ4v) is 5.80. The van der Waals surface area contributed by atoms with E-state index in [4.69, 9.17) is 0 Å². The molecule has 0 N–H and O–H groups in total. The molecule has 0 spiro atoms. The Kier molecular flexibility index (Phi) is 8.52. The second-order valence-corrected chi connectivity index (χ2v) is 9.02. The van der Waals surface area contributed by atoms with Gasteiger partial charge in [-0.15, -0.1) is 0 Å². The Morgan fingerprint density at radius 3 is 2.04 bits per heavy atom. The molecule has 0 amide bonds. The van der Waals surface area contributed by atoms with Crippen molar-refractivity contribution >= 4 is 13.2 Å². The van der Waals surface area contributed by atoms with E-state index in [2.05, 4.69) is 0 Å². The van der Waals surface area contributed by atoms with Gasteiger partial charge in [0.05, 0.1) is 0 Å². The second-order valence-electron chi connectivity index (χ2n) is 6.65. The van der Waals surface area contributed by atoms with Crippen LogP contribution in [0.3, 0.4) is 0 Å². The summed E-state index contributed by atoms with van der Waals surface area (Å²) in [4.78, 5) is 0. The summed E-state index contributed by atoms with van der Waals surface area (Å²) in [7, 11) is -1.54. The van der Waals surface area contributed by atoms with E-state index in [1.165, 1.54) is 0 Å². The lowest BCUT2D eigenvalue weighted by molar-refractivity contribution is -0.291. The van der Waals surface area contributed by atoms with Crippen molar-refractivity contribution in [3.63, 3.8) is 0 Å². The third-order valence-electron chi connectivity index (χ3n) is 4.24. The van der Waals surface area contributed by atoms with Crippen LogP contribution in [0.1, 0.15) is 52.0 Å². The third kappa shape index (κ3) is 5.55. The van der Waals surface area contributed by atoms with Crippen LogP contribution in [0.2, 0.25) is 0 Å². The van der Waals surface area contributed by atoms with Gasteiger partial charge in [0.25, 0.3) is 0 Å². The summed E-state index contributed by atoms with van der Waals surface area (Å²) < 4.78 is 108. The number of halogens is 8. The first kappa shape index (κ1) is 24.1. The van der Waals surface area contributed by atoms with Gasteiger partial charge in [-0.2, -0.15) is 22.0 Å². The molecule has 0 aliphatic rings. The second kappa shape index (κ2) is 9.53. The molecule has 0 bridgehead atoms. The molecule has 0 radical (unpaired) electrons. The molecule has 0 fully saturated rings. The quantitative estimate of drug-likeness (QED) is 0.226. The molecule has 0 aromatic heterocycles. The van der Waals surface area contributed by atoms with E-state index in [1.807, 2.05) is 20.8 Å². The highest BCUT2D eigenvalue weighted by atomic mass is 31.1. The summed E-state index contributed by atoms with van der Waals surface area (Å²) in [6, 6.07) is 0.445. The average Bonchev–Trinajstić information content (AvgIpc) is 2.54. The molecule has 1 aromatic rings. The van der Waals surface area contributed by atoms with E-state index in [0.29, 0.717) is 31.2 Å². The molecule has 156 valence electrons. The predicted octanol–water partition coefficient (Wildman–Crippen LogP) is 7.10. The molecule has 0 saturated heterocycles. The zero-order valence-corrected chi connectivity index (χ0v) is 16.3. The number of benzene rings is 1. The van der Waals surface area contributed by atoms with Crippen molar-refractivity contribution in [1.82, 2.24) is 0 Å². The lowest BCUT2D eigenvalue weighted by Crippen LogP contribution is -2.37. The van der Waals surface area contributed by atoms with Gasteiger partial charge in [0.1, 0.15) is 11.4 Å². The van der Waals surface area contributed by atoms with E-state index in [0.717, 1.165) is 12.8 Å². The van der Waals surface area contributed by atoms with Crippen molar-refractivity contribution in [3.8, 4) is 0 Å². The smallest absolute Gasteiger partial charge is 0.206 e. The van der Waals surface area contributed by atoms with Crippen LogP contribution < -0.4 is 5.30 Å². The molecule has 0 heterocycles. The summed E-state index contributed by atoms with van der Waals surface area (Å²) in [6.07, 6.45) is -2.70. The topological polar surface area (TPSA) is 0 Å². The van der Waals surface area contributed by atoms with Crippen molar-refractivity contribution in [2.75, 3.05) is 12.3 Å². The Morgan fingerprint density at radius 2 is 1.56 bits per heavy atom. The first-order chi connectivity index (χ1) is 12.4. The molecule has 9 heteroatoms. The monoisotopic (exact) mass is 422 g/mol. The van der Waals surface area contributed by atoms with E-state index >= 15 is 0 Å². The van der Waals surface area contributed by atoms with Crippen LogP contribution in [0.4, 0.5) is 35.1 Å². The predicted molar refractivity (Wildman–Crippen MR) is 91.5 cm³/mol. The van der Waals surface area contributed by atoms with Crippen LogP contribution in [0.5, 0.6) is 0 Å². The van der Waals surface area contributed by atoms with Crippen LogP contribution in [0.25, 0.3) is 0 Å². The average molecular weight is 422 g/mol. The molecular weight excluding hydrogens is 399 g/mol. The van der Waals surface area contributed by atoms with E-state index < -0.39 is 48.3 Å². The highest BCUT2D eigenvalue weighted by Gasteiger charge is 2.62. The summed E-state index contributed by atoms with van der Waals surface area (Å²) in [5.74, 6) is -12.1. The fourth-order valence-electron chi connectivity index (χ4n) is 2.86. The van der Waals surface area contributed by atoms with E-state index in [1.54, 1.807) is 0 Å². The van der Waals surface area contributed by atoms with E-state index in [-0.39, 0.29) is 5.92 Å². The number of alkyl halides is 5. The van der Waals surface area contributed by atoms with Gasteiger partial charge in [-0.1, -0.05) is 48.0 Å². The highest BCUT2D eigenvalue weighted by Crippen LogP contribution is 2.48. The van der Waals surface area contributed by atoms with Crippen molar-refractivity contribution in [3.05, 3.63) is 29.1 Å². The molecule has 0 aliphatic carbocycles. The summed E-state index contributed by atoms with van der Waals surface area (Å²) in [5.41, 5.74) is -2.54. The van der Waals surface area contributed by atoms with Crippen molar-refractivity contribution in [1.29, 1.82) is 0 Å². The number of hydrogen-bond acceptors (Lipinski definition) is 0. The normalized spacial score (nSPS) is 15.1.